The van der Waals surface area contributed by atoms with Gasteiger partial charge >= 0.3 is 5.92 Å². The fraction of sp³-hybridized carbons (Fsp3) is 0.235. The van der Waals surface area contributed by atoms with Crippen LogP contribution in [0.1, 0.15) is 23.0 Å². The molecule has 9 heteroatoms. The second kappa shape index (κ2) is 6.32. The van der Waals surface area contributed by atoms with Crippen molar-refractivity contribution in [2.75, 3.05) is 11.9 Å². The van der Waals surface area contributed by atoms with E-state index in [0.717, 1.165) is 19.1 Å². The Labute approximate surface area is 146 Å². The van der Waals surface area contributed by atoms with Crippen LogP contribution in [-0.2, 0) is 10.3 Å². The molecule has 2 heterocycles. The van der Waals surface area contributed by atoms with Crippen molar-refractivity contribution in [1.82, 2.24) is 4.98 Å². The van der Waals surface area contributed by atoms with Gasteiger partial charge in [0, 0.05) is 17.4 Å². The topological polar surface area (TPSA) is 89.6 Å². The van der Waals surface area contributed by atoms with E-state index in [-0.39, 0.29) is 11.4 Å². The molecule has 0 aliphatic carbocycles. The summed E-state index contributed by atoms with van der Waals surface area (Å²) in [6.07, 6.45) is 1.44. The fourth-order valence-electron chi connectivity index (χ4n) is 2.56. The van der Waals surface area contributed by atoms with E-state index in [9.17, 15) is 18.0 Å². The molecule has 3 rings (SSSR count). The average Bonchev–Trinajstić information content (AvgIpc) is 2.61. The Balaban J connectivity index is 1.96. The number of amides is 1. The zero-order valence-corrected chi connectivity index (χ0v) is 13.7. The molecule has 6 nitrogen and oxygen atoms in total. The van der Waals surface area contributed by atoms with Gasteiger partial charge in [0.25, 0.3) is 11.9 Å². The summed E-state index contributed by atoms with van der Waals surface area (Å²) >= 11 is 0. The summed E-state index contributed by atoms with van der Waals surface area (Å²) in [4.78, 5) is 19.4. The van der Waals surface area contributed by atoms with Crippen molar-refractivity contribution >= 4 is 17.6 Å². The minimum atomic E-state index is -3.50. The molecule has 1 aromatic heterocycles. The summed E-state index contributed by atoms with van der Waals surface area (Å²) in [5.41, 5.74) is 2.83. The van der Waals surface area contributed by atoms with Crippen molar-refractivity contribution in [2.24, 2.45) is 10.7 Å². The SMILES string of the molecule is C[C@]1(c2cc(NC(=O)c3ccccn3)ccc2F)OC(N)=NCC1(F)F. The van der Waals surface area contributed by atoms with Crippen LogP contribution in [0, 0.1) is 5.82 Å². The number of hydrogen-bond acceptors (Lipinski definition) is 5. The molecule has 136 valence electrons. The van der Waals surface area contributed by atoms with E-state index < -0.39 is 41.4 Å². The Morgan fingerprint density at radius 3 is 2.77 bits per heavy atom. The lowest BCUT2D eigenvalue weighted by molar-refractivity contribution is -0.173. The maximum absolute atomic E-state index is 14.4. The maximum atomic E-state index is 14.4. The lowest BCUT2D eigenvalue weighted by Crippen LogP contribution is -2.53. The van der Waals surface area contributed by atoms with E-state index in [1.165, 1.54) is 18.3 Å². The Morgan fingerprint density at radius 1 is 1.31 bits per heavy atom. The molecule has 1 amide bonds. The quantitative estimate of drug-likeness (QED) is 0.876. The van der Waals surface area contributed by atoms with Gasteiger partial charge in [-0.2, -0.15) is 8.78 Å². The van der Waals surface area contributed by atoms with Crippen molar-refractivity contribution in [2.45, 2.75) is 18.4 Å². The molecule has 0 bridgehead atoms. The van der Waals surface area contributed by atoms with Crippen LogP contribution in [0.5, 0.6) is 0 Å². The van der Waals surface area contributed by atoms with Crippen LogP contribution in [0.25, 0.3) is 0 Å². The number of halogens is 3. The zero-order valence-electron chi connectivity index (χ0n) is 13.7. The highest BCUT2D eigenvalue weighted by atomic mass is 19.3. The van der Waals surface area contributed by atoms with Gasteiger partial charge < -0.3 is 15.8 Å². The van der Waals surface area contributed by atoms with Gasteiger partial charge in [-0.1, -0.05) is 6.07 Å². The molecule has 2 aromatic rings. The first kappa shape index (κ1) is 17.7. The van der Waals surface area contributed by atoms with Crippen LogP contribution < -0.4 is 11.1 Å². The normalized spacial score (nSPS) is 21.5. The lowest BCUT2D eigenvalue weighted by Gasteiger charge is -2.39. The summed E-state index contributed by atoms with van der Waals surface area (Å²) in [6.45, 7) is 0.0939. The molecule has 0 saturated carbocycles. The van der Waals surface area contributed by atoms with E-state index in [1.807, 2.05) is 0 Å². The van der Waals surface area contributed by atoms with Crippen LogP contribution in [0.2, 0.25) is 0 Å². The molecule has 1 aromatic carbocycles. The predicted octanol–water partition coefficient (Wildman–Crippen LogP) is 2.67. The van der Waals surface area contributed by atoms with Gasteiger partial charge in [-0.3, -0.25) is 9.78 Å². The first-order valence-corrected chi connectivity index (χ1v) is 7.62. The number of carbonyl (C=O) groups excluding carboxylic acids is 1. The average molecular weight is 364 g/mol. The summed E-state index contributed by atoms with van der Waals surface area (Å²) < 4.78 is 48.1. The van der Waals surface area contributed by atoms with Crippen molar-refractivity contribution in [3.63, 3.8) is 0 Å². The van der Waals surface area contributed by atoms with Crippen molar-refractivity contribution in [3.8, 4) is 0 Å². The van der Waals surface area contributed by atoms with Gasteiger partial charge in [0.1, 0.15) is 18.1 Å². The molecule has 0 spiro atoms. The number of nitrogens with two attached hydrogens (primary N) is 1. The monoisotopic (exact) mass is 364 g/mol. The van der Waals surface area contributed by atoms with Crippen molar-refractivity contribution in [1.29, 1.82) is 0 Å². The Hall–Kier alpha value is -3.10. The van der Waals surface area contributed by atoms with Crippen LogP contribution in [0.3, 0.4) is 0 Å². The number of nitrogens with zero attached hydrogens (tertiary/aromatic N) is 2. The Kier molecular flexibility index (Phi) is 4.31. The highest BCUT2D eigenvalue weighted by Gasteiger charge is 2.57. The van der Waals surface area contributed by atoms with Gasteiger partial charge in [0.15, 0.2) is 0 Å². The Morgan fingerprint density at radius 2 is 2.08 bits per heavy atom. The van der Waals surface area contributed by atoms with Crippen LogP contribution in [-0.4, -0.2) is 29.4 Å². The summed E-state index contributed by atoms with van der Waals surface area (Å²) in [6, 6.07) is 7.59. The van der Waals surface area contributed by atoms with Crippen molar-refractivity contribution in [3.05, 3.63) is 59.7 Å². The molecule has 0 radical (unpaired) electrons. The second-order valence-electron chi connectivity index (χ2n) is 5.86. The molecule has 26 heavy (non-hydrogen) atoms. The van der Waals surface area contributed by atoms with Crippen LogP contribution >= 0.6 is 0 Å². The predicted molar refractivity (Wildman–Crippen MR) is 88.5 cm³/mol. The van der Waals surface area contributed by atoms with E-state index in [4.69, 9.17) is 10.5 Å². The number of benzene rings is 1. The molecule has 1 atom stereocenters. The largest absolute Gasteiger partial charge is 0.448 e. The number of alkyl halides is 2. The molecule has 0 saturated heterocycles. The summed E-state index contributed by atoms with van der Waals surface area (Å²) in [5, 5.41) is 2.49. The molecule has 0 unspecified atom stereocenters. The van der Waals surface area contributed by atoms with Crippen LogP contribution in [0.4, 0.5) is 18.9 Å². The standard InChI is InChI=1S/C17H15F3N4O2/c1-16(17(19,20)9-23-15(21)26-16)11-8-10(5-6-12(11)18)24-14(25)13-4-2-3-7-22-13/h2-8H,9H2,1H3,(H2,21,23)(H,24,25)/t16-/m1/s1. The molecular formula is C17H15F3N4O2. The van der Waals surface area contributed by atoms with E-state index in [2.05, 4.69) is 15.3 Å². The molecule has 1 aliphatic rings. The van der Waals surface area contributed by atoms with Gasteiger partial charge in [-0.05, 0) is 37.3 Å². The zero-order chi connectivity index (χ0) is 18.9. The number of rotatable bonds is 3. The summed E-state index contributed by atoms with van der Waals surface area (Å²) in [7, 11) is 0. The third kappa shape index (κ3) is 3.07. The van der Waals surface area contributed by atoms with Gasteiger partial charge in [0.2, 0.25) is 5.60 Å². The Bertz CT molecular complexity index is 874. The lowest BCUT2D eigenvalue weighted by atomic mass is 9.87. The number of hydrogen-bond donors (Lipinski definition) is 2. The first-order chi connectivity index (χ1) is 12.2. The number of amidine groups is 1. The molecular weight excluding hydrogens is 349 g/mol. The molecule has 3 N–H and O–H groups in total. The minimum Gasteiger partial charge on any atom is -0.448 e. The highest BCUT2D eigenvalue weighted by Crippen LogP contribution is 2.44. The third-order valence-corrected chi connectivity index (χ3v) is 4.08. The molecule has 0 fully saturated rings. The number of nitrogens with one attached hydrogen (secondary N) is 1. The van der Waals surface area contributed by atoms with Crippen LogP contribution in [0.15, 0.2) is 47.6 Å². The number of pyridine rings is 1. The van der Waals surface area contributed by atoms with Gasteiger partial charge in [0.05, 0.1) is 0 Å². The smallest absolute Gasteiger partial charge is 0.310 e. The van der Waals surface area contributed by atoms with Gasteiger partial charge in [-0.15, -0.1) is 0 Å². The summed E-state index contributed by atoms with van der Waals surface area (Å²) in [5.74, 6) is -4.98. The fourth-order valence-corrected chi connectivity index (χ4v) is 2.56. The second-order valence-corrected chi connectivity index (χ2v) is 5.86. The first-order valence-electron chi connectivity index (χ1n) is 7.62. The van der Waals surface area contributed by atoms with E-state index in [1.54, 1.807) is 12.1 Å². The molecule has 1 aliphatic heterocycles. The van der Waals surface area contributed by atoms with Crippen molar-refractivity contribution < 1.29 is 22.7 Å². The number of anilines is 1. The van der Waals surface area contributed by atoms with E-state index >= 15 is 0 Å². The minimum absolute atomic E-state index is 0.110. The maximum Gasteiger partial charge on any atom is 0.310 e. The number of carbonyl (C=O) groups is 1. The number of ether oxygens (including phenoxy) is 1. The van der Waals surface area contributed by atoms with E-state index in [0.29, 0.717) is 0 Å². The number of aliphatic imine (C=N–C) groups is 1. The number of aromatic nitrogens is 1. The third-order valence-electron chi connectivity index (χ3n) is 4.08. The highest BCUT2D eigenvalue weighted by molar-refractivity contribution is 6.02. The van der Waals surface area contributed by atoms with Gasteiger partial charge in [-0.25, -0.2) is 9.38 Å².